The van der Waals surface area contributed by atoms with Gasteiger partial charge in [-0.2, -0.15) is 4.31 Å². The Balaban J connectivity index is 1.81. The van der Waals surface area contributed by atoms with E-state index in [0.717, 1.165) is 0 Å². The van der Waals surface area contributed by atoms with Crippen LogP contribution in [-0.2, 0) is 26.0 Å². The van der Waals surface area contributed by atoms with E-state index in [9.17, 15) is 17.6 Å². The van der Waals surface area contributed by atoms with Crippen molar-refractivity contribution in [2.45, 2.75) is 18.2 Å². The predicted molar refractivity (Wildman–Crippen MR) is 106 cm³/mol. The van der Waals surface area contributed by atoms with Gasteiger partial charge in [-0.05, 0) is 48.4 Å². The van der Waals surface area contributed by atoms with Crippen LogP contribution in [0, 0.1) is 12.7 Å². The molecular formula is C20H23FN2O5S. The van der Waals surface area contributed by atoms with Gasteiger partial charge in [-0.1, -0.05) is 6.07 Å². The minimum atomic E-state index is -3.78. The highest BCUT2D eigenvalue weighted by molar-refractivity contribution is 7.89. The quantitative estimate of drug-likeness (QED) is 0.773. The molecule has 9 heteroatoms. The monoisotopic (exact) mass is 422 g/mol. The zero-order valence-electron chi connectivity index (χ0n) is 16.3. The first-order valence-corrected chi connectivity index (χ1v) is 10.6. The lowest BCUT2D eigenvalue weighted by atomic mass is 10.1. The smallest absolute Gasteiger partial charge is 0.246 e. The van der Waals surface area contributed by atoms with E-state index in [1.54, 1.807) is 19.1 Å². The zero-order chi connectivity index (χ0) is 21.0. The van der Waals surface area contributed by atoms with E-state index >= 15 is 0 Å². The molecule has 1 fully saturated rings. The van der Waals surface area contributed by atoms with Gasteiger partial charge in [-0.25, -0.2) is 12.8 Å². The van der Waals surface area contributed by atoms with Crippen LogP contribution in [0.5, 0.6) is 5.75 Å². The molecule has 0 bridgehead atoms. The van der Waals surface area contributed by atoms with E-state index in [1.807, 2.05) is 0 Å². The number of morpholine rings is 1. The molecule has 0 saturated carbocycles. The molecule has 7 nitrogen and oxygen atoms in total. The molecule has 3 rings (SSSR count). The third-order valence-corrected chi connectivity index (χ3v) is 6.56. The van der Waals surface area contributed by atoms with Gasteiger partial charge in [0.2, 0.25) is 15.9 Å². The number of anilines is 1. The van der Waals surface area contributed by atoms with Crippen LogP contribution < -0.4 is 10.1 Å². The highest BCUT2D eigenvalue weighted by Gasteiger charge is 2.29. The highest BCUT2D eigenvalue weighted by atomic mass is 32.2. The lowest BCUT2D eigenvalue weighted by Crippen LogP contribution is -2.40. The Kier molecular flexibility index (Phi) is 6.51. The van der Waals surface area contributed by atoms with Gasteiger partial charge >= 0.3 is 0 Å². The fraction of sp³-hybridized carbons (Fsp3) is 0.350. The molecule has 2 aromatic carbocycles. The molecule has 1 heterocycles. The average molecular weight is 422 g/mol. The lowest BCUT2D eigenvalue weighted by Gasteiger charge is -2.26. The molecular weight excluding hydrogens is 399 g/mol. The third kappa shape index (κ3) is 4.92. The summed E-state index contributed by atoms with van der Waals surface area (Å²) in [5, 5.41) is 2.72. The summed E-state index contributed by atoms with van der Waals surface area (Å²) in [6, 6.07) is 8.73. The summed E-state index contributed by atoms with van der Waals surface area (Å²) < 4.78 is 51.1. The van der Waals surface area contributed by atoms with E-state index in [4.69, 9.17) is 9.47 Å². The number of nitrogens with zero attached hydrogens (tertiary/aromatic N) is 1. The second-order valence-electron chi connectivity index (χ2n) is 6.69. The summed E-state index contributed by atoms with van der Waals surface area (Å²) in [5.41, 5.74) is 1.63. The van der Waals surface area contributed by atoms with E-state index in [2.05, 4.69) is 5.32 Å². The Hall–Kier alpha value is -2.49. The number of rotatable bonds is 6. The SMILES string of the molecule is COc1ccc(CC(=O)Nc2ccc(F)cc2C)cc1S(=O)(=O)N1CCOCC1. The molecule has 0 atom stereocenters. The van der Waals surface area contributed by atoms with E-state index in [1.165, 1.54) is 35.7 Å². The van der Waals surface area contributed by atoms with Gasteiger partial charge in [0.25, 0.3) is 0 Å². The number of halogens is 1. The second kappa shape index (κ2) is 8.89. The van der Waals surface area contributed by atoms with Crippen molar-refractivity contribution < 1.29 is 27.1 Å². The summed E-state index contributed by atoms with van der Waals surface area (Å²) in [7, 11) is -2.38. The van der Waals surface area contributed by atoms with Gasteiger partial charge in [0.1, 0.15) is 16.5 Å². The maximum Gasteiger partial charge on any atom is 0.246 e. The maximum atomic E-state index is 13.2. The van der Waals surface area contributed by atoms with E-state index < -0.39 is 10.0 Å². The van der Waals surface area contributed by atoms with Crippen molar-refractivity contribution in [1.82, 2.24) is 4.31 Å². The Morgan fingerprint density at radius 2 is 1.93 bits per heavy atom. The van der Waals surface area contributed by atoms with Crippen LogP contribution >= 0.6 is 0 Å². The Bertz CT molecular complexity index is 1000. The Morgan fingerprint density at radius 1 is 1.21 bits per heavy atom. The first-order valence-electron chi connectivity index (χ1n) is 9.12. The number of carbonyl (C=O) groups is 1. The molecule has 0 spiro atoms. The Labute approximate surface area is 169 Å². The average Bonchev–Trinajstić information content (AvgIpc) is 2.70. The number of hydrogen-bond acceptors (Lipinski definition) is 5. The number of ether oxygens (including phenoxy) is 2. The molecule has 1 aliphatic rings. The van der Waals surface area contributed by atoms with Crippen molar-refractivity contribution >= 4 is 21.6 Å². The van der Waals surface area contributed by atoms with Gasteiger partial charge in [-0.15, -0.1) is 0 Å². The number of carbonyl (C=O) groups excluding carboxylic acids is 1. The van der Waals surface area contributed by atoms with Crippen LogP contribution in [0.25, 0.3) is 0 Å². The van der Waals surface area contributed by atoms with Crippen LogP contribution in [-0.4, -0.2) is 52.0 Å². The van der Waals surface area contributed by atoms with Crippen molar-refractivity contribution in [2.24, 2.45) is 0 Å². The fourth-order valence-corrected chi connectivity index (χ4v) is 4.72. The number of aryl methyl sites for hydroxylation is 1. The summed E-state index contributed by atoms with van der Waals surface area (Å²) in [4.78, 5) is 12.4. The first-order chi connectivity index (χ1) is 13.8. The zero-order valence-corrected chi connectivity index (χ0v) is 17.1. The fourth-order valence-electron chi connectivity index (χ4n) is 3.11. The molecule has 1 N–H and O–H groups in total. The number of benzene rings is 2. The van der Waals surface area contributed by atoms with Crippen LogP contribution in [0.4, 0.5) is 10.1 Å². The third-order valence-electron chi connectivity index (χ3n) is 4.64. The standard InChI is InChI=1S/C20H23FN2O5S/c1-14-11-16(21)4-5-17(14)22-20(24)13-15-3-6-18(27-2)19(12-15)29(25,26)23-7-9-28-10-8-23/h3-6,11-12H,7-10,13H2,1-2H3,(H,22,24). The normalized spacial score (nSPS) is 15.1. The predicted octanol–water partition coefficient (Wildman–Crippen LogP) is 2.34. The van der Waals surface area contributed by atoms with Crippen molar-refractivity contribution in [3.8, 4) is 5.75 Å². The number of amides is 1. The molecule has 1 amide bonds. The van der Waals surface area contributed by atoms with Gasteiger partial charge in [0, 0.05) is 18.8 Å². The van der Waals surface area contributed by atoms with Gasteiger partial charge in [0.05, 0.1) is 26.7 Å². The van der Waals surface area contributed by atoms with Gasteiger partial charge < -0.3 is 14.8 Å². The van der Waals surface area contributed by atoms with Crippen molar-refractivity contribution in [2.75, 3.05) is 38.7 Å². The molecule has 0 aromatic heterocycles. The number of hydrogen-bond donors (Lipinski definition) is 1. The summed E-state index contributed by atoms with van der Waals surface area (Å²) in [5.74, 6) is -0.497. The first kappa shape index (κ1) is 21.2. The van der Waals surface area contributed by atoms with E-state index in [0.29, 0.717) is 30.0 Å². The number of nitrogens with one attached hydrogen (secondary N) is 1. The Morgan fingerprint density at radius 3 is 2.59 bits per heavy atom. The molecule has 29 heavy (non-hydrogen) atoms. The molecule has 1 saturated heterocycles. The second-order valence-corrected chi connectivity index (χ2v) is 8.59. The van der Waals surface area contributed by atoms with Crippen LogP contribution in [0.2, 0.25) is 0 Å². The minimum absolute atomic E-state index is 0.0187. The number of sulfonamides is 1. The molecule has 1 aliphatic heterocycles. The van der Waals surface area contributed by atoms with Crippen LogP contribution in [0.1, 0.15) is 11.1 Å². The topological polar surface area (TPSA) is 84.9 Å². The van der Waals surface area contributed by atoms with Crippen LogP contribution in [0.15, 0.2) is 41.3 Å². The maximum absolute atomic E-state index is 13.2. The van der Waals surface area contributed by atoms with Crippen molar-refractivity contribution in [3.63, 3.8) is 0 Å². The van der Waals surface area contributed by atoms with Gasteiger partial charge in [0.15, 0.2) is 0 Å². The molecule has 0 aliphatic carbocycles. The lowest BCUT2D eigenvalue weighted by molar-refractivity contribution is -0.115. The minimum Gasteiger partial charge on any atom is -0.495 e. The van der Waals surface area contributed by atoms with E-state index in [-0.39, 0.29) is 41.9 Å². The highest BCUT2D eigenvalue weighted by Crippen LogP contribution is 2.29. The van der Waals surface area contributed by atoms with Gasteiger partial charge in [-0.3, -0.25) is 4.79 Å². The number of methoxy groups -OCH3 is 1. The summed E-state index contributed by atoms with van der Waals surface area (Å²) in [6.07, 6.45) is -0.0353. The molecule has 156 valence electrons. The molecule has 2 aromatic rings. The largest absolute Gasteiger partial charge is 0.495 e. The molecule has 0 radical (unpaired) electrons. The summed E-state index contributed by atoms with van der Waals surface area (Å²) >= 11 is 0. The van der Waals surface area contributed by atoms with Crippen molar-refractivity contribution in [3.05, 3.63) is 53.3 Å². The summed E-state index contributed by atoms with van der Waals surface area (Å²) in [6.45, 7) is 2.89. The molecule has 0 unspecified atom stereocenters. The van der Waals surface area contributed by atoms with Crippen LogP contribution in [0.3, 0.4) is 0 Å². The van der Waals surface area contributed by atoms with Crippen molar-refractivity contribution in [1.29, 1.82) is 0 Å².